The Balaban J connectivity index is 1.68. The molecule has 0 aliphatic rings. The molecular weight excluding hydrogens is 392 g/mol. The first kappa shape index (κ1) is 20.4. The molecule has 0 radical (unpaired) electrons. The Morgan fingerprint density at radius 3 is 1.59 bits per heavy atom. The van der Waals surface area contributed by atoms with Crippen molar-refractivity contribution in [3.05, 3.63) is 35.0 Å². The van der Waals surface area contributed by atoms with Crippen molar-refractivity contribution >= 4 is 34.0 Å². The summed E-state index contributed by atoms with van der Waals surface area (Å²) in [5, 5.41) is 4.24. The molecule has 3 aromatic heterocycles. The minimum atomic E-state index is 0.802. The maximum Gasteiger partial charge on any atom is 0.138 e. The zero-order valence-electron chi connectivity index (χ0n) is 16.2. The van der Waals surface area contributed by atoms with Crippen molar-refractivity contribution in [3.8, 4) is 31.0 Å². The average Bonchev–Trinajstić information content (AvgIpc) is 3.42. The third-order valence-electron chi connectivity index (χ3n) is 4.32. The van der Waals surface area contributed by atoms with Gasteiger partial charge in [-0.3, -0.25) is 0 Å². The Hall–Kier alpha value is -1.30. The number of hydrogen-bond acceptors (Lipinski definition) is 5. The number of ether oxygens (including phenoxy) is 2. The van der Waals surface area contributed by atoms with E-state index < -0.39 is 0 Å². The predicted molar refractivity (Wildman–Crippen MR) is 121 cm³/mol. The van der Waals surface area contributed by atoms with Crippen molar-refractivity contribution in [2.24, 2.45) is 0 Å². The zero-order chi connectivity index (χ0) is 18.9. The lowest BCUT2D eigenvalue weighted by Crippen LogP contribution is -1.96. The molecule has 0 saturated carbocycles. The zero-order valence-corrected chi connectivity index (χ0v) is 18.6. The van der Waals surface area contributed by atoms with E-state index in [1.807, 2.05) is 11.3 Å². The van der Waals surface area contributed by atoms with E-state index in [2.05, 4.69) is 48.9 Å². The molecule has 27 heavy (non-hydrogen) atoms. The maximum absolute atomic E-state index is 6.03. The van der Waals surface area contributed by atoms with Gasteiger partial charge in [-0.2, -0.15) is 0 Å². The van der Waals surface area contributed by atoms with Gasteiger partial charge < -0.3 is 9.47 Å². The van der Waals surface area contributed by atoms with Crippen LogP contribution in [0.4, 0.5) is 0 Å². The molecule has 0 N–H and O–H groups in total. The Labute approximate surface area is 174 Å². The Morgan fingerprint density at radius 2 is 1.15 bits per heavy atom. The lowest BCUT2D eigenvalue weighted by Gasteiger charge is -2.06. The fourth-order valence-electron chi connectivity index (χ4n) is 2.83. The van der Waals surface area contributed by atoms with Crippen LogP contribution < -0.4 is 9.47 Å². The summed E-state index contributed by atoms with van der Waals surface area (Å²) >= 11 is 5.34. The van der Waals surface area contributed by atoms with Gasteiger partial charge >= 0.3 is 0 Å². The standard InChI is InChI=1S/C22H28O2S3/c1-3-5-7-13-23-17-11-15-25-21(17)19-9-10-20(27-19)22-18(12-16-26-22)24-14-8-6-4-2/h9-12,15-16H,3-8,13-14H2,1-2H3. The van der Waals surface area contributed by atoms with Crippen LogP contribution in [0.1, 0.15) is 52.4 Å². The molecule has 5 heteroatoms. The molecule has 0 aliphatic heterocycles. The lowest BCUT2D eigenvalue weighted by molar-refractivity contribution is 0.308. The molecule has 0 amide bonds. The molecule has 0 spiro atoms. The quantitative estimate of drug-likeness (QED) is 0.274. The molecule has 3 heterocycles. The summed E-state index contributed by atoms with van der Waals surface area (Å²) in [4.78, 5) is 5.03. The van der Waals surface area contributed by atoms with Crippen LogP contribution in [0.2, 0.25) is 0 Å². The van der Waals surface area contributed by atoms with Gasteiger partial charge in [-0.1, -0.05) is 39.5 Å². The van der Waals surface area contributed by atoms with Gasteiger partial charge in [0.2, 0.25) is 0 Å². The van der Waals surface area contributed by atoms with Crippen LogP contribution >= 0.6 is 34.0 Å². The van der Waals surface area contributed by atoms with Crippen LogP contribution in [0.25, 0.3) is 19.5 Å². The molecule has 3 rings (SSSR count). The van der Waals surface area contributed by atoms with Crippen molar-refractivity contribution in [1.29, 1.82) is 0 Å². The van der Waals surface area contributed by atoms with E-state index in [-0.39, 0.29) is 0 Å². The van der Waals surface area contributed by atoms with Gasteiger partial charge in [0, 0.05) is 9.75 Å². The molecule has 0 unspecified atom stereocenters. The Morgan fingerprint density at radius 1 is 0.667 bits per heavy atom. The molecule has 2 nitrogen and oxygen atoms in total. The maximum atomic E-state index is 6.03. The topological polar surface area (TPSA) is 18.5 Å². The summed E-state index contributed by atoms with van der Waals surface area (Å²) in [6.45, 7) is 6.04. The van der Waals surface area contributed by atoms with Gasteiger partial charge in [0.25, 0.3) is 0 Å². The Bertz CT molecular complexity index is 735. The molecule has 0 saturated heterocycles. The van der Waals surface area contributed by atoms with E-state index in [9.17, 15) is 0 Å². The average molecular weight is 421 g/mol. The van der Waals surface area contributed by atoms with Crippen molar-refractivity contribution in [3.63, 3.8) is 0 Å². The third kappa shape index (κ3) is 5.59. The predicted octanol–water partition coefficient (Wildman–Crippen LogP) is 8.34. The van der Waals surface area contributed by atoms with E-state index in [0.29, 0.717) is 0 Å². The number of rotatable bonds is 12. The molecular formula is C22H28O2S3. The van der Waals surface area contributed by atoms with E-state index in [0.717, 1.165) is 37.6 Å². The van der Waals surface area contributed by atoms with E-state index in [4.69, 9.17) is 9.47 Å². The summed E-state index contributed by atoms with van der Waals surface area (Å²) in [6.07, 6.45) is 7.13. The fourth-order valence-corrected chi connectivity index (χ4v) is 5.78. The van der Waals surface area contributed by atoms with Gasteiger partial charge in [0.1, 0.15) is 11.5 Å². The monoisotopic (exact) mass is 420 g/mol. The van der Waals surface area contributed by atoms with Crippen molar-refractivity contribution in [2.45, 2.75) is 52.4 Å². The molecule has 0 bridgehead atoms. The van der Waals surface area contributed by atoms with Crippen LogP contribution in [0.15, 0.2) is 35.0 Å². The van der Waals surface area contributed by atoms with Crippen LogP contribution in [0, 0.1) is 0 Å². The summed E-state index contributed by atoms with van der Waals surface area (Å²) in [5.41, 5.74) is 0. The van der Waals surface area contributed by atoms with Crippen LogP contribution in [-0.4, -0.2) is 13.2 Å². The highest BCUT2D eigenvalue weighted by Crippen LogP contribution is 2.45. The minimum Gasteiger partial charge on any atom is -0.492 e. The second-order valence-electron chi connectivity index (χ2n) is 6.50. The van der Waals surface area contributed by atoms with E-state index >= 15 is 0 Å². The van der Waals surface area contributed by atoms with Crippen molar-refractivity contribution in [2.75, 3.05) is 13.2 Å². The highest BCUT2D eigenvalue weighted by molar-refractivity contribution is 7.26. The Kier molecular flexibility index (Phi) is 8.24. The summed E-state index contributed by atoms with van der Waals surface area (Å²) in [7, 11) is 0. The number of unbranched alkanes of at least 4 members (excludes halogenated alkanes) is 4. The third-order valence-corrected chi connectivity index (χ3v) is 7.56. The SMILES string of the molecule is CCCCCOc1ccsc1-c1ccc(-c2sccc2OCCCCC)s1. The fraction of sp³-hybridized carbons (Fsp3) is 0.455. The molecule has 0 fully saturated rings. The first-order chi connectivity index (χ1) is 13.3. The normalized spacial score (nSPS) is 11.0. The molecule has 0 atom stereocenters. The van der Waals surface area contributed by atoms with Crippen LogP contribution in [-0.2, 0) is 0 Å². The minimum absolute atomic E-state index is 0.802. The van der Waals surface area contributed by atoms with Crippen LogP contribution in [0.3, 0.4) is 0 Å². The van der Waals surface area contributed by atoms with Gasteiger partial charge in [-0.15, -0.1) is 34.0 Å². The number of hydrogen-bond donors (Lipinski definition) is 0. The second kappa shape index (κ2) is 10.9. The lowest BCUT2D eigenvalue weighted by atomic mass is 10.3. The summed E-state index contributed by atoms with van der Waals surface area (Å²) < 4.78 is 12.1. The molecule has 0 aromatic carbocycles. The van der Waals surface area contributed by atoms with Gasteiger partial charge in [-0.05, 0) is 47.9 Å². The second-order valence-corrected chi connectivity index (χ2v) is 9.42. The van der Waals surface area contributed by atoms with E-state index in [1.54, 1.807) is 22.7 Å². The summed E-state index contributed by atoms with van der Waals surface area (Å²) in [6, 6.07) is 8.62. The molecule has 0 aliphatic carbocycles. The van der Waals surface area contributed by atoms with Gasteiger partial charge in [0.05, 0.1) is 23.0 Å². The highest BCUT2D eigenvalue weighted by atomic mass is 32.1. The highest BCUT2D eigenvalue weighted by Gasteiger charge is 2.15. The smallest absolute Gasteiger partial charge is 0.138 e. The van der Waals surface area contributed by atoms with Gasteiger partial charge in [0.15, 0.2) is 0 Å². The first-order valence-corrected chi connectivity index (χ1v) is 12.4. The van der Waals surface area contributed by atoms with E-state index in [1.165, 1.54) is 45.2 Å². The van der Waals surface area contributed by atoms with Crippen molar-refractivity contribution in [1.82, 2.24) is 0 Å². The van der Waals surface area contributed by atoms with Gasteiger partial charge in [-0.25, -0.2) is 0 Å². The first-order valence-electron chi connectivity index (χ1n) is 9.84. The van der Waals surface area contributed by atoms with Crippen LogP contribution in [0.5, 0.6) is 11.5 Å². The number of thiophene rings is 3. The summed E-state index contributed by atoms with van der Waals surface area (Å²) in [5.74, 6) is 2.04. The largest absolute Gasteiger partial charge is 0.492 e. The molecule has 146 valence electrons. The van der Waals surface area contributed by atoms with Crippen molar-refractivity contribution < 1.29 is 9.47 Å². The molecule has 3 aromatic rings.